The molecular formula is C15H19BrO. The van der Waals surface area contributed by atoms with Crippen LogP contribution in [0.15, 0.2) is 42.5 Å². The highest BCUT2D eigenvalue weighted by molar-refractivity contribution is 9.09. The topological polar surface area (TPSA) is 9.23 Å². The van der Waals surface area contributed by atoms with Crippen molar-refractivity contribution in [3.63, 3.8) is 0 Å². The van der Waals surface area contributed by atoms with Crippen LogP contribution in [0.1, 0.15) is 24.8 Å². The molecule has 0 spiro atoms. The van der Waals surface area contributed by atoms with Crippen molar-refractivity contribution in [3.05, 3.63) is 48.1 Å². The zero-order valence-corrected chi connectivity index (χ0v) is 11.8. The molecule has 1 aromatic carbocycles. The molecule has 0 aliphatic rings. The molecule has 0 unspecified atom stereocenters. The van der Waals surface area contributed by atoms with Crippen LogP contribution in [0.2, 0.25) is 0 Å². The Hall–Kier alpha value is -1.02. The molecule has 1 rings (SSSR count). The Bertz CT molecular complexity index is 352. The lowest BCUT2D eigenvalue weighted by Gasteiger charge is -1.98. The zero-order valence-electron chi connectivity index (χ0n) is 10.2. The van der Waals surface area contributed by atoms with Gasteiger partial charge in [0.1, 0.15) is 5.75 Å². The molecule has 92 valence electrons. The molecule has 0 atom stereocenters. The maximum atomic E-state index is 5.11. The number of methoxy groups -OCH3 is 1. The summed E-state index contributed by atoms with van der Waals surface area (Å²) in [6.07, 6.45) is 12.1. The number of halogens is 1. The van der Waals surface area contributed by atoms with E-state index >= 15 is 0 Å². The Kier molecular flexibility index (Phi) is 7.48. The number of allylic oxidation sites excluding steroid dienone is 3. The van der Waals surface area contributed by atoms with Gasteiger partial charge in [0.2, 0.25) is 0 Å². The van der Waals surface area contributed by atoms with E-state index in [4.69, 9.17) is 4.74 Å². The molecule has 0 heterocycles. The summed E-state index contributed by atoms with van der Waals surface area (Å²) >= 11 is 3.40. The number of ether oxygens (including phenoxy) is 1. The Morgan fingerprint density at radius 1 is 1.00 bits per heavy atom. The van der Waals surface area contributed by atoms with Gasteiger partial charge in [-0.1, -0.05) is 52.4 Å². The van der Waals surface area contributed by atoms with Crippen LogP contribution >= 0.6 is 15.9 Å². The van der Waals surface area contributed by atoms with Crippen LogP contribution in [-0.4, -0.2) is 12.4 Å². The molecule has 0 N–H and O–H groups in total. The van der Waals surface area contributed by atoms with Crippen LogP contribution in [0.5, 0.6) is 5.75 Å². The van der Waals surface area contributed by atoms with Crippen LogP contribution in [0.3, 0.4) is 0 Å². The first kappa shape index (κ1) is 14.0. The molecule has 1 nitrogen and oxygen atoms in total. The van der Waals surface area contributed by atoms with E-state index in [1.54, 1.807) is 7.11 Å². The van der Waals surface area contributed by atoms with Crippen molar-refractivity contribution in [2.45, 2.75) is 19.3 Å². The lowest BCUT2D eigenvalue weighted by molar-refractivity contribution is 0.415. The van der Waals surface area contributed by atoms with Gasteiger partial charge in [0.15, 0.2) is 0 Å². The fourth-order valence-corrected chi connectivity index (χ4v) is 1.69. The van der Waals surface area contributed by atoms with Gasteiger partial charge in [0.05, 0.1) is 7.11 Å². The zero-order chi connectivity index (χ0) is 12.3. The van der Waals surface area contributed by atoms with E-state index in [2.05, 4.69) is 52.4 Å². The molecular weight excluding hydrogens is 276 g/mol. The summed E-state index contributed by atoms with van der Waals surface area (Å²) in [6, 6.07) is 8.09. The highest BCUT2D eigenvalue weighted by atomic mass is 79.9. The molecule has 2 heteroatoms. The fourth-order valence-electron chi connectivity index (χ4n) is 1.43. The van der Waals surface area contributed by atoms with Crippen molar-refractivity contribution in [2.24, 2.45) is 0 Å². The maximum absolute atomic E-state index is 5.11. The fraction of sp³-hybridized carbons (Fsp3) is 0.333. The van der Waals surface area contributed by atoms with Crippen LogP contribution in [0.25, 0.3) is 6.08 Å². The Morgan fingerprint density at radius 2 is 1.65 bits per heavy atom. The van der Waals surface area contributed by atoms with Crippen molar-refractivity contribution in [3.8, 4) is 5.75 Å². The largest absolute Gasteiger partial charge is 0.497 e. The first-order valence-corrected chi connectivity index (χ1v) is 7.00. The molecule has 1 aromatic rings. The second-order valence-corrected chi connectivity index (χ2v) is 4.49. The summed E-state index contributed by atoms with van der Waals surface area (Å²) in [5, 5.41) is 1.05. The van der Waals surface area contributed by atoms with E-state index < -0.39 is 0 Å². The molecule has 0 saturated heterocycles. The second kappa shape index (κ2) is 9.06. The third-order valence-electron chi connectivity index (χ3n) is 2.37. The van der Waals surface area contributed by atoms with Crippen LogP contribution in [0.4, 0.5) is 0 Å². The van der Waals surface area contributed by atoms with Gasteiger partial charge in [0.25, 0.3) is 0 Å². The monoisotopic (exact) mass is 294 g/mol. The summed E-state index contributed by atoms with van der Waals surface area (Å²) in [6.45, 7) is 0. The molecule has 17 heavy (non-hydrogen) atoms. The standard InChI is InChI=1S/C15H19BrO/c1-17-15-11-9-14(10-12-15)8-6-4-2-3-5-7-13-16/h3,5-6,8-12H,2,4,7,13H2,1H3. The second-order valence-electron chi connectivity index (χ2n) is 3.70. The summed E-state index contributed by atoms with van der Waals surface area (Å²) in [5.41, 5.74) is 1.22. The maximum Gasteiger partial charge on any atom is 0.118 e. The van der Waals surface area contributed by atoms with Crippen LogP contribution in [0, 0.1) is 0 Å². The highest BCUT2D eigenvalue weighted by Crippen LogP contribution is 2.12. The quantitative estimate of drug-likeness (QED) is 0.398. The molecule has 0 amide bonds. The van der Waals surface area contributed by atoms with Crippen LogP contribution in [-0.2, 0) is 0 Å². The van der Waals surface area contributed by atoms with E-state index in [1.165, 1.54) is 5.56 Å². The average Bonchev–Trinajstić information content (AvgIpc) is 2.38. The van der Waals surface area contributed by atoms with Gasteiger partial charge in [-0.3, -0.25) is 0 Å². The van der Waals surface area contributed by atoms with E-state index in [0.29, 0.717) is 0 Å². The SMILES string of the molecule is COc1ccc(C=CCCC=CCCBr)cc1. The number of hydrogen-bond donors (Lipinski definition) is 0. The minimum Gasteiger partial charge on any atom is -0.497 e. The molecule has 0 aliphatic carbocycles. The molecule has 0 aromatic heterocycles. The van der Waals surface area contributed by atoms with Gasteiger partial charge < -0.3 is 4.74 Å². The molecule has 0 saturated carbocycles. The minimum absolute atomic E-state index is 0.903. The van der Waals surface area contributed by atoms with Gasteiger partial charge in [0, 0.05) is 5.33 Å². The van der Waals surface area contributed by atoms with Gasteiger partial charge in [-0.15, -0.1) is 0 Å². The molecule has 0 fully saturated rings. The summed E-state index contributed by atoms with van der Waals surface area (Å²) < 4.78 is 5.11. The smallest absolute Gasteiger partial charge is 0.118 e. The van der Waals surface area contributed by atoms with E-state index in [-0.39, 0.29) is 0 Å². The van der Waals surface area contributed by atoms with Crippen molar-refractivity contribution < 1.29 is 4.74 Å². The number of benzene rings is 1. The molecule has 0 radical (unpaired) electrons. The van der Waals surface area contributed by atoms with Gasteiger partial charge in [-0.05, 0) is 37.0 Å². The van der Waals surface area contributed by atoms with Gasteiger partial charge >= 0.3 is 0 Å². The summed E-state index contributed by atoms with van der Waals surface area (Å²) in [7, 11) is 1.68. The van der Waals surface area contributed by atoms with E-state index in [1.807, 2.05) is 12.1 Å². The van der Waals surface area contributed by atoms with Crippen molar-refractivity contribution in [1.29, 1.82) is 0 Å². The van der Waals surface area contributed by atoms with Crippen LogP contribution < -0.4 is 4.74 Å². The van der Waals surface area contributed by atoms with Crippen molar-refractivity contribution in [1.82, 2.24) is 0 Å². The molecule has 0 bridgehead atoms. The lowest BCUT2D eigenvalue weighted by atomic mass is 10.2. The van der Waals surface area contributed by atoms with E-state index in [0.717, 1.165) is 30.3 Å². The third kappa shape index (κ3) is 6.32. The average molecular weight is 295 g/mol. The van der Waals surface area contributed by atoms with Crippen molar-refractivity contribution >= 4 is 22.0 Å². The summed E-state index contributed by atoms with van der Waals surface area (Å²) in [4.78, 5) is 0. The Balaban J connectivity index is 2.28. The predicted octanol–water partition coefficient (Wildman–Crippen LogP) is 4.83. The first-order valence-electron chi connectivity index (χ1n) is 5.88. The van der Waals surface area contributed by atoms with E-state index in [9.17, 15) is 0 Å². The summed E-state index contributed by atoms with van der Waals surface area (Å²) in [5.74, 6) is 0.903. The number of unbranched alkanes of at least 4 members (excludes halogenated alkanes) is 1. The Labute approximate surface area is 112 Å². The van der Waals surface area contributed by atoms with Gasteiger partial charge in [-0.2, -0.15) is 0 Å². The predicted molar refractivity (Wildman–Crippen MR) is 78.8 cm³/mol. The highest BCUT2D eigenvalue weighted by Gasteiger charge is 1.89. The van der Waals surface area contributed by atoms with Gasteiger partial charge in [-0.25, -0.2) is 0 Å². The lowest BCUT2D eigenvalue weighted by Crippen LogP contribution is -1.81. The third-order valence-corrected chi connectivity index (χ3v) is 2.83. The first-order chi connectivity index (χ1) is 8.36. The normalized spacial score (nSPS) is 11.4. The number of rotatable bonds is 7. The number of alkyl halides is 1. The minimum atomic E-state index is 0.903. The molecule has 0 aliphatic heterocycles. The van der Waals surface area contributed by atoms with Crippen molar-refractivity contribution in [2.75, 3.05) is 12.4 Å². The Morgan fingerprint density at radius 3 is 2.29 bits per heavy atom. The number of hydrogen-bond acceptors (Lipinski definition) is 1.